The van der Waals surface area contributed by atoms with E-state index in [1.54, 1.807) is 0 Å². The fourth-order valence-electron chi connectivity index (χ4n) is 2.51. The molecule has 1 saturated carbocycles. The summed E-state index contributed by atoms with van der Waals surface area (Å²) in [6.07, 6.45) is 2.48. The molecule has 0 spiro atoms. The van der Waals surface area contributed by atoms with Crippen LogP contribution >= 0.6 is 0 Å². The van der Waals surface area contributed by atoms with Gasteiger partial charge in [-0.15, -0.1) is 0 Å². The average molecular weight is 318 g/mol. The van der Waals surface area contributed by atoms with Gasteiger partial charge in [-0.25, -0.2) is 17.5 Å². The topological polar surface area (TPSA) is 110 Å². The molecule has 0 aromatic heterocycles. The molecule has 2 rings (SSSR count). The molecule has 1 aromatic carbocycles. The fourth-order valence-corrected chi connectivity index (χ4v) is 4.02. The van der Waals surface area contributed by atoms with Gasteiger partial charge in [-0.1, -0.05) is 12.8 Å². The third-order valence-corrected chi connectivity index (χ3v) is 5.24. The maximum atomic E-state index is 13.8. The normalized spacial score (nSPS) is 17.8. The molecule has 1 fully saturated rings. The summed E-state index contributed by atoms with van der Waals surface area (Å²) in [5.41, 5.74) is -1.50. The number of nitrogens with zero attached hydrogens (tertiary/aromatic N) is 1. The number of aliphatic hydroxyl groups excluding tert-OH is 1. The zero-order chi connectivity index (χ0) is 15.7. The van der Waals surface area contributed by atoms with Crippen molar-refractivity contribution in [1.82, 2.24) is 4.72 Å². The zero-order valence-corrected chi connectivity index (χ0v) is 11.9. The lowest BCUT2D eigenvalue weighted by atomic mass is 10.0. The predicted octanol–water partition coefficient (Wildman–Crippen LogP) is 1.32. The quantitative estimate of drug-likeness (QED) is 0.628. The number of hydrogen-bond donors (Lipinski definition) is 2. The lowest BCUT2D eigenvalue weighted by molar-refractivity contribution is -0.385. The minimum absolute atomic E-state index is 0.374. The van der Waals surface area contributed by atoms with E-state index in [-0.39, 0.29) is 6.61 Å². The van der Waals surface area contributed by atoms with E-state index in [1.165, 1.54) is 0 Å². The number of halogens is 1. The van der Waals surface area contributed by atoms with E-state index in [1.807, 2.05) is 0 Å². The van der Waals surface area contributed by atoms with Gasteiger partial charge in [-0.2, -0.15) is 0 Å². The lowest BCUT2D eigenvalue weighted by Gasteiger charge is -2.27. The molecule has 1 aromatic rings. The summed E-state index contributed by atoms with van der Waals surface area (Å²) in [7, 11) is -4.19. The second kappa shape index (κ2) is 5.66. The van der Waals surface area contributed by atoms with Gasteiger partial charge in [0.2, 0.25) is 10.0 Å². The van der Waals surface area contributed by atoms with Gasteiger partial charge in [0.25, 0.3) is 5.69 Å². The number of benzene rings is 1. The van der Waals surface area contributed by atoms with Crippen molar-refractivity contribution in [3.05, 3.63) is 34.1 Å². The first-order valence-corrected chi connectivity index (χ1v) is 7.87. The van der Waals surface area contributed by atoms with E-state index in [0.29, 0.717) is 18.9 Å². The van der Waals surface area contributed by atoms with E-state index in [2.05, 4.69) is 4.72 Å². The van der Waals surface area contributed by atoms with E-state index in [9.17, 15) is 28.0 Å². The van der Waals surface area contributed by atoms with Crippen LogP contribution in [-0.4, -0.2) is 30.6 Å². The fraction of sp³-hybridized carbons (Fsp3) is 0.500. The Labute approximate surface area is 121 Å². The standard InChI is InChI=1S/C12H15FN2O5S/c13-10-7-9(15(17)18)3-4-11(10)21(19,20)14-12(8-16)5-1-2-6-12/h3-4,7,14,16H,1-2,5-6,8H2. The van der Waals surface area contributed by atoms with Gasteiger partial charge in [0.15, 0.2) is 0 Å². The summed E-state index contributed by atoms with van der Waals surface area (Å²) in [5, 5.41) is 19.9. The highest BCUT2D eigenvalue weighted by Gasteiger charge is 2.38. The van der Waals surface area contributed by atoms with Crippen molar-refractivity contribution in [3.8, 4) is 0 Å². The number of aliphatic hydroxyl groups is 1. The van der Waals surface area contributed by atoms with Crippen LogP contribution in [0.1, 0.15) is 25.7 Å². The minimum Gasteiger partial charge on any atom is -0.394 e. The Bertz CT molecular complexity index is 656. The number of hydrogen-bond acceptors (Lipinski definition) is 5. The molecule has 116 valence electrons. The number of nitrogens with one attached hydrogen (secondary N) is 1. The minimum atomic E-state index is -4.19. The number of rotatable bonds is 5. The smallest absolute Gasteiger partial charge is 0.272 e. The van der Waals surface area contributed by atoms with Crippen LogP contribution in [0.15, 0.2) is 23.1 Å². The number of nitro benzene ring substituents is 1. The SMILES string of the molecule is O=[N+]([O-])c1ccc(S(=O)(=O)NC2(CO)CCCC2)c(F)c1. The summed E-state index contributed by atoms with van der Waals surface area (Å²) in [6, 6.07) is 2.35. The molecule has 0 aliphatic heterocycles. The Morgan fingerprint density at radius 3 is 2.48 bits per heavy atom. The van der Waals surface area contributed by atoms with Crippen molar-refractivity contribution >= 4 is 15.7 Å². The number of nitro groups is 1. The van der Waals surface area contributed by atoms with E-state index in [4.69, 9.17) is 0 Å². The molecule has 2 N–H and O–H groups in total. The van der Waals surface area contributed by atoms with Crippen LogP contribution in [0.5, 0.6) is 0 Å². The molecule has 7 nitrogen and oxygen atoms in total. The number of sulfonamides is 1. The van der Waals surface area contributed by atoms with Crippen molar-refractivity contribution in [3.63, 3.8) is 0 Å². The molecule has 1 aliphatic carbocycles. The second-order valence-corrected chi connectivity index (χ2v) is 6.77. The molecule has 21 heavy (non-hydrogen) atoms. The molecule has 0 unspecified atom stereocenters. The van der Waals surface area contributed by atoms with Crippen molar-refractivity contribution < 1.29 is 22.8 Å². The molecule has 0 atom stereocenters. The van der Waals surface area contributed by atoms with Crippen molar-refractivity contribution in [2.24, 2.45) is 0 Å². The Kier molecular flexibility index (Phi) is 4.26. The molecule has 0 saturated heterocycles. The summed E-state index contributed by atoms with van der Waals surface area (Å²) >= 11 is 0. The van der Waals surface area contributed by atoms with Gasteiger partial charge in [-0.3, -0.25) is 10.1 Å². The maximum Gasteiger partial charge on any atom is 0.272 e. The Morgan fingerprint density at radius 1 is 1.38 bits per heavy atom. The second-order valence-electron chi connectivity index (χ2n) is 5.12. The maximum absolute atomic E-state index is 13.8. The highest BCUT2D eigenvalue weighted by molar-refractivity contribution is 7.89. The highest BCUT2D eigenvalue weighted by Crippen LogP contribution is 2.31. The molecule has 0 radical (unpaired) electrons. The average Bonchev–Trinajstić information content (AvgIpc) is 2.86. The molecule has 1 aliphatic rings. The van der Waals surface area contributed by atoms with E-state index < -0.39 is 36.9 Å². The molecular formula is C12H15FN2O5S. The third-order valence-electron chi connectivity index (χ3n) is 3.63. The van der Waals surface area contributed by atoms with E-state index in [0.717, 1.165) is 25.0 Å². The summed E-state index contributed by atoms with van der Waals surface area (Å²) < 4.78 is 40.6. The summed E-state index contributed by atoms with van der Waals surface area (Å²) in [6.45, 7) is -0.374. The molecule has 0 heterocycles. The van der Waals surface area contributed by atoms with E-state index >= 15 is 0 Å². The van der Waals surface area contributed by atoms with Crippen LogP contribution in [-0.2, 0) is 10.0 Å². The highest BCUT2D eigenvalue weighted by atomic mass is 32.2. The van der Waals surface area contributed by atoms with Crippen molar-refractivity contribution in [1.29, 1.82) is 0 Å². The Hall–Kier alpha value is -1.58. The van der Waals surface area contributed by atoms with Crippen LogP contribution < -0.4 is 4.72 Å². The van der Waals surface area contributed by atoms with Crippen LogP contribution in [0.25, 0.3) is 0 Å². The molecule has 0 bridgehead atoms. The van der Waals surface area contributed by atoms with Gasteiger partial charge >= 0.3 is 0 Å². The van der Waals surface area contributed by atoms with Crippen LogP contribution in [0.2, 0.25) is 0 Å². The van der Waals surface area contributed by atoms with Gasteiger partial charge in [0.05, 0.1) is 23.1 Å². The first-order chi connectivity index (χ1) is 9.80. The van der Waals surface area contributed by atoms with Gasteiger partial charge in [0, 0.05) is 6.07 Å². The zero-order valence-electron chi connectivity index (χ0n) is 11.1. The van der Waals surface area contributed by atoms with Crippen LogP contribution in [0.4, 0.5) is 10.1 Å². The molecule has 9 heteroatoms. The monoisotopic (exact) mass is 318 g/mol. The third kappa shape index (κ3) is 3.20. The first kappa shape index (κ1) is 15.8. The first-order valence-electron chi connectivity index (χ1n) is 6.38. The summed E-state index contributed by atoms with van der Waals surface area (Å²) in [4.78, 5) is 9.07. The van der Waals surface area contributed by atoms with Crippen LogP contribution in [0.3, 0.4) is 0 Å². The van der Waals surface area contributed by atoms with Gasteiger partial charge in [-0.05, 0) is 18.9 Å². The van der Waals surface area contributed by atoms with Gasteiger partial charge < -0.3 is 5.11 Å². The molecular weight excluding hydrogens is 303 g/mol. The van der Waals surface area contributed by atoms with Crippen LogP contribution in [0, 0.1) is 15.9 Å². The Morgan fingerprint density at radius 2 is 2.00 bits per heavy atom. The largest absolute Gasteiger partial charge is 0.394 e. The van der Waals surface area contributed by atoms with Crippen molar-refractivity contribution in [2.45, 2.75) is 36.1 Å². The van der Waals surface area contributed by atoms with Gasteiger partial charge in [0.1, 0.15) is 10.7 Å². The predicted molar refractivity (Wildman–Crippen MR) is 71.7 cm³/mol. The molecule has 0 amide bonds. The lowest BCUT2D eigenvalue weighted by Crippen LogP contribution is -2.49. The van der Waals surface area contributed by atoms with Crippen molar-refractivity contribution in [2.75, 3.05) is 6.61 Å². The Balaban J connectivity index is 2.33. The summed E-state index contributed by atoms with van der Waals surface area (Å²) in [5.74, 6) is -1.19. The number of non-ortho nitro benzene ring substituents is 1.